The van der Waals surface area contributed by atoms with Gasteiger partial charge in [-0.2, -0.15) is 0 Å². The number of hydrogen-bond donors (Lipinski definition) is 1. The third kappa shape index (κ3) is 3.47. The van der Waals surface area contributed by atoms with Gasteiger partial charge in [0.2, 0.25) is 0 Å². The fourth-order valence-electron chi connectivity index (χ4n) is 1.03. The third-order valence-corrected chi connectivity index (χ3v) is 2.12. The second-order valence-corrected chi connectivity index (χ2v) is 3.28. The van der Waals surface area contributed by atoms with E-state index in [1.54, 1.807) is 6.07 Å². The van der Waals surface area contributed by atoms with E-state index in [4.69, 9.17) is 22.1 Å². The highest BCUT2D eigenvalue weighted by molar-refractivity contribution is 6.31. The molecule has 0 saturated heterocycles. The first-order chi connectivity index (χ1) is 7.15. The summed E-state index contributed by atoms with van der Waals surface area (Å²) in [4.78, 5) is 9.93. The lowest BCUT2D eigenvalue weighted by molar-refractivity contribution is -0.384. The van der Waals surface area contributed by atoms with Crippen LogP contribution in [0.4, 0.5) is 5.69 Å². The monoisotopic (exact) mass is 230 g/mol. The van der Waals surface area contributed by atoms with Crippen molar-refractivity contribution in [1.82, 2.24) is 0 Å². The van der Waals surface area contributed by atoms with Crippen LogP contribution >= 0.6 is 11.6 Å². The third-order valence-electron chi connectivity index (χ3n) is 1.77. The van der Waals surface area contributed by atoms with Gasteiger partial charge in [-0.3, -0.25) is 10.1 Å². The smallest absolute Gasteiger partial charge is 0.270 e. The van der Waals surface area contributed by atoms with Crippen molar-refractivity contribution in [3.8, 4) is 0 Å². The lowest BCUT2D eigenvalue weighted by atomic mass is 10.2. The van der Waals surface area contributed by atoms with E-state index in [1.807, 2.05) is 0 Å². The fourth-order valence-corrected chi connectivity index (χ4v) is 1.26. The summed E-state index contributed by atoms with van der Waals surface area (Å²) >= 11 is 5.84. The molecule has 1 aromatic rings. The van der Waals surface area contributed by atoms with Crippen LogP contribution in [0.2, 0.25) is 5.02 Å². The average molecular weight is 231 g/mol. The molecule has 0 heterocycles. The standard InChI is InChI=1S/C9H11ClN2O3/c10-9-5-8(12(13)14)2-1-7(9)6-15-4-3-11/h1-2,5H,3-4,6,11H2. The highest BCUT2D eigenvalue weighted by Crippen LogP contribution is 2.22. The number of nitrogens with two attached hydrogens (primary N) is 1. The van der Waals surface area contributed by atoms with Crippen LogP contribution in [-0.4, -0.2) is 18.1 Å². The van der Waals surface area contributed by atoms with Crippen molar-refractivity contribution in [2.75, 3.05) is 13.2 Å². The largest absolute Gasteiger partial charge is 0.375 e. The summed E-state index contributed by atoms with van der Waals surface area (Å²) in [6.45, 7) is 1.19. The van der Waals surface area contributed by atoms with Gasteiger partial charge < -0.3 is 10.5 Å². The Labute approximate surface area is 91.9 Å². The Morgan fingerprint density at radius 1 is 1.53 bits per heavy atom. The maximum Gasteiger partial charge on any atom is 0.270 e. The second-order valence-electron chi connectivity index (χ2n) is 2.87. The van der Waals surface area contributed by atoms with Gasteiger partial charge in [0.1, 0.15) is 0 Å². The molecular formula is C9H11ClN2O3. The van der Waals surface area contributed by atoms with Crippen molar-refractivity contribution >= 4 is 17.3 Å². The Morgan fingerprint density at radius 2 is 2.27 bits per heavy atom. The van der Waals surface area contributed by atoms with Crippen molar-refractivity contribution in [3.05, 3.63) is 38.9 Å². The molecule has 0 amide bonds. The molecule has 0 atom stereocenters. The molecule has 0 unspecified atom stereocenters. The van der Waals surface area contributed by atoms with E-state index >= 15 is 0 Å². The zero-order valence-electron chi connectivity index (χ0n) is 7.98. The number of non-ortho nitro benzene ring substituents is 1. The molecule has 1 rings (SSSR count). The quantitative estimate of drug-likeness (QED) is 0.475. The van der Waals surface area contributed by atoms with E-state index in [2.05, 4.69) is 0 Å². The summed E-state index contributed by atoms with van der Waals surface area (Å²) in [5, 5.41) is 10.8. The average Bonchev–Trinajstić information content (AvgIpc) is 2.20. The highest BCUT2D eigenvalue weighted by Gasteiger charge is 2.08. The minimum Gasteiger partial charge on any atom is -0.375 e. The van der Waals surface area contributed by atoms with Gasteiger partial charge in [-0.05, 0) is 11.6 Å². The van der Waals surface area contributed by atoms with Crippen LogP contribution in [0.1, 0.15) is 5.56 Å². The molecule has 0 spiro atoms. The van der Waals surface area contributed by atoms with Crippen molar-refractivity contribution in [3.63, 3.8) is 0 Å². The van der Waals surface area contributed by atoms with Gasteiger partial charge in [-0.25, -0.2) is 0 Å². The summed E-state index contributed by atoms with van der Waals surface area (Å²) in [5.41, 5.74) is 5.94. The molecule has 0 bridgehead atoms. The Morgan fingerprint density at radius 3 is 2.80 bits per heavy atom. The molecule has 0 aliphatic rings. The Hall–Kier alpha value is -1.17. The SMILES string of the molecule is NCCOCc1ccc([N+](=O)[O-])cc1Cl. The number of rotatable bonds is 5. The predicted octanol–water partition coefficient (Wildman–Crippen LogP) is 1.72. The molecule has 0 aliphatic heterocycles. The van der Waals surface area contributed by atoms with E-state index < -0.39 is 4.92 Å². The minimum atomic E-state index is -0.490. The van der Waals surface area contributed by atoms with Crippen molar-refractivity contribution in [2.45, 2.75) is 6.61 Å². The van der Waals surface area contributed by atoms with Gasteiger partial charge in [-0.1, -0.05) is 11.6 Å². The molecule has 5 nitrogen and oxygen atoms in total. The Balaban J connectivity index is 2.70. The second kappa shape index (κ2) is 5.65. The normalized spacial score (nSPS) is 10.3. The number of halogens is 1. The van der Waals surface area contributed by atoms with E-state index in [-0.39, 0.29) is 5.69 Å². The summed E-state index contributed by atoms with van der Waals surface area (Å²) in [6.07, 6.45) is 0. The minimum absolute atomic E-state index is 0.0254. The molecule has 15 heavy (non-hydrogen) atoms. The summed E-state index contributed by atoms with van der Waals surface area (Å²) in [5.74, 6) is 0. The lowest BCUT2D eigenvalue weighted by Crippen LogP contribution is -2.08. The maximum atomic E-state index is 10.4. The van der Waals surface area contributed by atoms with Crippen LogP contribution in [-0.2, 0) is 11.3 Å². The zero-order chi connectivity index (χ0) is 11.3. The van der Waals surface area contributed by atoms with Crippen LogP contribution < -0.4 is 5.73 Å². The number of nitro benzene ring substituents is 1. The van der Waals surface area contributed by atoms with Crippen LogP contribution in [0.25, 0.3) is 0 Å². The molecule has 1 aromatic carbocycles. The topological polar surface area (TPSA) is 78.4 Å². The maximum absolute atomic E-state index is 10.4. The molecule has 0 aliphatic carbocycles. The first kappa shape index (κ1) is 11.9. The van der Waals surface area contributed by atoms with Crippen molar-refractivity contribution in [2.24, 2.45) is 5.73 Å². The van der Waals surface area contributed by atoms with Crippen LogP contribution in [0.3, 0.4) is 0 Å². The molecule has 0 radical (unpaired) electrons. The van der Waals surface area contributed by atoms with E-state index in [0.717, 1.165) is 5.56 Å². The highest BCUT2D eigenvalue weighted by atomic mass is 35.5. The van der Waals surface area contributed by atoms with E-state index in [0.29, 0.717) is 24.8 Å². The van der Waals surface area contributed by atoms with Crippen molar-refractivity contribution < 1.29 is 9.66 Å². The van der Waals surface area contributed by atoms with E-state index in [1.165, 1.54) is 12.1 Å². The Bertz CT molecular complexity index is 357. The molecule has 0 fully saturated rings. The van der Waals surface area contributed by atoms with Crippen LogP contribution in [0.15, 0.2) is 18.2 Å². The van der Waals surface area contributed by atoms with Crippen LogP contribution in [0.5, 0.6) is 0 Å². The summed E-state index contributed by atoms with van der Waals surface area (Å²) in [6, 6.07) is 4.28. The van der Waals surface area contributed by atoms with Crippen molar-refractivity contribution in [1.29, 1.82) is 0 Å². The summed E-state index contributed by atoms with van der Waals surface area (Å²) in [7, 11) is 0. The van der Waals surface area contributed by atoms with Gasteiger partial charge in [0.05, 0.1) is 23.2 Å². The number of benzene rings is 1. The van der Waals surface area contributed by atoms with Gasteiger partial charge in [0.15, 0.2) is 0 Å². The Kier molecular flexibility index (Phi) is 4.48. The molecule has 82 valence electrons. The molecule has 0 aromatic heterocycles. The number of nitro groups is 1. The zero-order valence-corrected chi connectivity index (χ0v) is 8.74. The predicted molar refractivity (Wildman–Crippen MR) is 56.8 cm³/mol. The molecular weight excluding hydrogens is 220 g/mol. The lowest BCUT2D eigenvalue weighted by Gasteiger charge is -2.04. The number of hydrogen-bond acceptors (Lipinski definition) is 4. The fraction of sp³-hybridized carbons (Fsp3) is 0.333. The van der Waals surface area contributed by atoms with Gasteiger partial charge in [0.25, 0.3) is 5.69 Å². The molecule has 0 saturated carbocycles. The summed E-state index contributed by atoms with van der Waals surface area (Å²) < 4.78 is 5.17. The molecule has 2 N–H and O–H groups in total. The first-order valence-corrected chi connectivity index (χ1v) is 4.73. The number of ether oxygens (including phenoxy) is 1. The van der Waals surface area contributed by atoms with Gasteiger partial charge in [0, 0.05) is 18.7 Å². The van der Waals surface area contributed by atoms with E-state index in [9.17, 15) is 10.1 Å². The van der Waals surface area contributed by atoms with Gasteiger partial charge >= 0.3 is 0 Å². The van der Waals surface area contributed by atoms with Crippen LogP contribution in [0, 0.1) is 10.1 Å². The van der Waals surface area contributed by atoms with Gasteiger partial charge in [-0.15, -0.1) is 0 Å². The molecule has 6 heteroatoms. The first-order valence-electron chi connectivity index (χ1n) is 4.35. The number of nitrogens with zero attached hydrogens (tertiary/aromatic N) is 1.